The first-order valence-electron chi connectivity index (χ1n) is 9.23. The largest absolute Gasteiger partial charge is 0.335 e. The third-order valence-corrected chi connectivity index (χ3v) is 5.62. The van der Waals surface area contributed by atoms with Crippen LogP contribution in [0.25, 0.3) is 6.08 Å². The van der Waals surface area contributed by atoms with Crippen molar-refractivity contribution in [1.29, 1.82) is 0 Å². The van der Waals surface area contributed by atoms with Crippen molar-refractivity contribution in [1.82, 2.24) is 10.2 Å². The Labute approximate surface area is 172 Å². The number of anilines is 1. The fourth-order valence-electron chi connectivity index (χ4n) is 3.97. The zero-order valence-corrected chi connectivity index (χ0v) is 16.2. The molecule has 2 heterocycles. The molecule has 142 valence electrons. The molecule has 2 aromatic carbocycles. The highest BCUT2D eigenvalue weighted by molar-refractivity contribution is 6.30. The summed E-state index contributed by atoms with van der Waals surface area (Å²) in [5.41, 5.74) is 4.29. The average molecular weight is 402 g/mol. The summed E-state index contributed by atoms with van der Waals surface area (Å²) in [7, 11) is 0. The van der Waals surface area contributed by atoms with Gasteiger partial charge >= 0.3 is 0 Å². The minimum atomic E-state index is -0.388. The number of aromatic amines is 1. The fourth-order valence-corrected chi connectivity index (χ4v) is 4.09. The maximum Gasteiger partial charge on any atom is 0.210 e. The number of nitrogens with one attached hydrogen (secondary N) is 2. The monoisotopic (exact) mass is 401 g/mol. The molecule has 29 heavy (non-hydrogen) atoms. The van der Waals surface area contributed by atoms with Crippen molar-refractivity contribution in [3.63, 3.8) is 0 Å². The molecule has 1 aliphatic heterocycles. The number of hydrogen-bond acceptors (Lipinski definition) is 4. The molecule has 1 aromatic heterocycles. The maximum atomic E-state index is 13.4. The number of H-pyrrole nitrogens is 1. The molecule has 1 unspecified atom stereocenters. The number of halogens is 1. The summed E-state index contributed by atoms with van der Waals surface area (Å²) >= 11 is 5.97. The van der Waals surface area contributed by atoms with E-state index in [1.807, 2.05) is 43.3 Å². The predicted octanol–water partition coefficient (Wildman–Crippen LogP) is 4.93. The number of ketones is 2. The molecule has 1 atom stereocenters. The number of carbonyl (C=O) groups is 2. The van der Waals surface area contributed by atoms with Crippen LogP contribution in [-0.2, 0) is 0 Å². The van der Waals surface area contributed by atoms with Crippen LogP contribution in [0.3, 0.4) is 0 Å². The molecular formula is C23H16ClN3O2. The van der Waals surface area contributed by atoms with Crippen molar-refractivity contribution >= 4 is 35.1 Å². The number of nitrogens with zero attached hydrogens (tertiary/aromatic N) is 1. The van der Waals surface area contributed by atoms with Crippen molar-refractivity contribution in [3.8, 4) is 0 Å². The summed E-state index contributed by atoms with van der Waals surface area (Å²) in [6, 6.07) is 14.4. The van der Waals surface area contributed by atoms with Crippen LogP contribution in [0.1, 0.15) is 43.5 Å². The Morgan fingerprint density at radius 2 is 1.69 bits per heavy atom. The highest BCUT2D eigenvalue weighted by Crippen LogP contribution is 2.43. The number of hydrogen-bond donors (Lipinski definition) is 2. The van der Waals surface area contributed by atoms with Gasteiger partial charge in [-0.05, 0) is 24.6 Å². The van der Waals surface area contributed by atoms with Gasteiger partial charge in [0.05, 0.1) is 5.70 Å². The Morgan fingerprint density at radius 3 is 2.41 bits per heavy atom. The van der Waals surface area contributed by atoms with Crippen LogP contribution in [0.5, 0.6) is 0 Å². The molecule has 2 aliphatic rings. The number of Topliss-reactive ketones (excluding diaryl/α,β-unsaturated/α-hetero) is 2. The lowest BCUT2D eigenvalue weighted by molar-refractivity contribution is 0.0971. The molecule has 3 aromatic rings. The van der Waals surface area contributed by atoms with E-state index >= 15 is 0 Å². The number of aryl methyl sites for hydroxylation is 1. The molecule has 0 amide bonds. The normalized spacial score (nSPS) is 17.8. The van der Waals surface area contributed by atoms with Gasteiger partial charge in [0.1, 0.15) is 0 Å². The van der Waals surface area contributed by atoms with Crippen molar-refractivity contribution < 1.29 is 9.59 Å². The lowest BCUT2D eigenvalue weighted by Gasteiger charge is -2.30. The number of aromatic nitrogens is 2. The molecule has 0 fully saturated rings. The van der Waals surface area contributed by atoms with E-state index in [9.17, 15) is 9.59 Å². The molecule has 1 aliphatic carbocycles. The molecule has 6 heteroatoms. The Kier molecular flexibility index (Phi) is 4.00. The number of carbonyl (C=O) groups excluding carboxylic acids is 2. The quantitative estimate of drug-likeness (QED) is 0.638. The Balaban J connectivity index is 1.67. The third kappa shape index (κ3) is 2.74. The smallest absolute Gasteiger partial charge is 0.210 e. The van der Waals surface area contributed by atoms with Gasteiger partial charge in [-0.25, -0.2) is 0 Å². The van der Waals surface area contributed by atoms with Gasteiger partial charge in [0.15, 0.2) is 11.6 Å². The second-order valence-electron chi connectivity index (χ2n) is 7.12. The van der Waals surface area contributed by atoms with E-state index in [-0.39, 0.29) is 17.5 Å². The van der Waals surface area contributed by atoms with Crippen LogP contribution in [0.15, 0.2) is 65.9 Å². The first-order chi connectivity index (χ1) is 14.0. The fraction of sp³-hybridized carbons (Fsp3) is 0.0870. The van der Waals surface area contributed by atoms with E-state index in [0.717, 1.165) is 16.8 Å². The topological polar surface area (TPSA) is 74.8 Å². The van der Waals surface area contributed by atoms with Gasteiger partial charge in [-0.3, -0.25) is 14.7 Å². The number of allylic oxidation sites excluding steroid dienone is 3. The van der Waals surface area contributed by atoms with Gasteiger partial charge < -0.3 is 5.32 Å². The van der Waals surface area contributed by atoms with Gasteiger partial charge in [0.25, 0.3) is 0 Å². The molecule has 0 saturated carbocycles. The lowest BCUT2D eigenvalue weighted by atomic mass is 9.76. The molecular weight excluding hydrogens is 386 g/mol. The highest BCUT2D eigenvalue weighted by Gasteiger charge is 2.41. The first kappa shape index (κ1) is 17.6. The molecule has 0 radical (unpaired) electrons. The minimum absolute atomic E-state index is 0.139. The highest BCUT2D eigenvalue weighted by atomic mass is 35.5. The molecule has 2 N–H and O–H groups in total. The third-order valence-electron chi connectivity index (χ3n) is 5.37. The van der Waals surface area contributed by atoms with Crippen molar-refractivity contribution in [2.75, 3.05) is 5.32 Å². The van der Waals surface area contributed by atoms with Crippen LogP contribution < -0.4 is 5.32 Å². The SMILES string of the molecule is Cc1[nH]nc2c1C(/C=C/c1ccc(Cl)cc1)C1=C(N2)C(=O)c2ccccc2C1=O. The Bertz CT molecular complexity index is 1240. The van der Waals surface area contributed by atoms with Crippen molar-refractivity contribution in [2.45, 2.75) is 12.8 Å². The maximum absolute atomic E-state index is 13.4. The van der Waals surface area contributed by atoms with Crippen LogP contribution in [0.4, 0.5) is 5.82 Å². The van der Waals surface area contributed by atoms with Gasteiger partial charge in [-0.15, -0.1) is 0 Å². The standard InChI is InChI=1S/C23H16ClN3O2/c1-12-18-17(11-8-13-6-9-14(24)10-7-13)19-20(25-23(18)27-26-12)22(29)16-5-3-2-4-15(16)21(19)28/h2-11,17H,1H3,(H2,25,26,27)/b11-8+. The van der Waals surface area contributed by atoms with Gasteiger partial charge in [-0.2, -0.15) is 5.10 Å². The Morgan fingerprint density at radius 1 is 1.00 bits per heavy atom. The van der Waals surface area contributed by atoms with E-state index in [1.165, 1.54) is 0 Å². The molecule has 0 bridgehead atoms. The zero-order chi connectivity index (χ0) is 20.1. The van der Waals surface area contributed by atoms with Crippen LogP contribution in [0.2, 0.25) is 5.02 Å². The number of benzene rings is 2. The lowest BCUT2D eigenvalue weighted by Crippen LogP contribution is -2.31. The first-order valence-corrected chi connectivity index (χ1v) is 9.60. The van der Waals surface area contributed by atoms with E-state index in [4.69, 9.17) is 11.6 Å². The van der Waals surface area contributed by atoms with Gasteiger partial charge in [0.2, 0.25) is 5.78 Å². The van der Waals surface area contributed by atoms with Crippen LogP contribution in [-0.4, -0.2) is 21.8 Å². The van der Waals surface area contributed by atoms with Crippen LogP contribution in [0, 0.1) is 6.92 Å². The zero-order valence-electron chi connectivity index (χ0n) is 15.5. The average Bonchev–Trinajstić information content (AvgIpc) is 3.11. The molecule has 0 saturated heterocycles. The number of rotatable bonds is 2. The van der Waals surface area contributed by atoms with Gasteiger partial charge in [0, 0.05) is 38.9 Å². The minimum Gasteiger partial charge on any atom is -0.335 e. The second-order valence-corrected chi connectivity index (χ2v) is 7.55. The van der Waals surface area contributed by atoms with E-state index in [2.05, 4.69) is 15.5 Å². The summed E-state index contributed by atoms with van der Waals surface area (Å²) in [5.74, 6) is -0.140. The van der Waals surface area contributed by atoms with E-state index < -0.39 is 0 Å². The number of fused-ring (bicyclic) bond motifs is 2. The molecule has 5 nitrogen and oxygen atoms in total. The molecule has 0 spiro atoms. The Hall–Kier alpha value is -3.44. The second kappa shape index (κ2) is 6.57. The predicted molar refractivity (Wildman–Crippen MR) is 112 cm³/mol. The summed E-state index contributed by atoms with van der Waals surface area (Å²) in [4.78, 5) is 26.5. The summed E-state index contributed by atoms with van der Waals surface area (Å²) in [6.07, 6.45) is 3.88. The van der Waals surface area contributed by atoms with E-state index in [0.29, 0.717) is 33.2 Å². The summed E-state index contributed by atoms with van der Waals surface area (Å²) < 4.78 is 0. The molecule has 5 rings (SSSR count). The van der Waals surface area contributed by atoms with Crippen molar-refractivity contribution in [3.05, 3.63) is 98.8 Å². The summed E-state index contributed by atoms with van der Waals surface area (Å²) in [5, 5.41) is 11.0. The van der Waals surface area contributed by atoms with E-state index in [1.54, 1.807) is 24.3 Å². The summed E-state index contributed by atoms with van der Waals surface area (Å²) in [6.45, 7) is 1.91. The van der Waals surface area contributed by atoms with Crippen molar-refractivity contribution in [2.24, 2.45) is 0 Å². The van der Waals surface area contributed by atoms with Crippen LogP contribution >= 0.6 is 11.6 Å². The van der Waals surface area contributed by atoms with Gasteiger partial charge in [-0.1, -0.05) is 60.2 Å².